The van der Waals surface area contributed by atoms with Crippen molar-refractivity contribution in [3.8, 4) is 0 Å². The topological polar surface area (TPSA) is 102 Å². The highest BCUT2D eigenvalue weighted by Crippen LogP contribution is 2.07. The van der Waals surface area contributed by atoms with E-state index in [9.17, 15) is 18.0 Å². The second-order valence-corrected chi connectivity index (χ2v) is 6.71. The van der Waals surface area contributed by atoms with Crippen LogP contribution in [-0.4, -0.2) is 69.3 Å². The molecule has 1 aliphatic rings. The van der Waals surface area contributed by atoms with Crippen LogP contribution in [-0.2, 0) is 29.1 Å². The van der Waals surface area contributed by atoms with Crippen LogP contribution in [0.4, 0.5) is 0 Å². The molecule has 1 unspecified atom stereocenters. The van der Waals surface area contributed by atoms with Gasteiger partial charge in [-0.1, -0.05) is 0 Å². The Morgan fingerprint density at radius 1 is 1.33 bits per heavy atom. The van der Waals surface area contributed by atoms with E-state index in [0.717, 1.165) is 0 Å². The summed E-state index contributed by atoms with van der Waals surface area (Å²) in [4.78, 5) is 23.0. The molecule has 1 saturated heterocycles. The van der Waals surface area contributed by atoms with Gasteiger partial charge in [0, 0.05) is 19.5 Å². The van der Waals surface area contributed by atoms with Crippen LogP contribution in [0, 0.1) is 0 Å². The van der Waals surface area contributed by atoms with Gasteiger partial charge in [-0.3, -0.25) is 4.79 Å². The lowest BCUT2D eigenvalue weighted by molar-refractivity contribution is -0.146. The van der Waals surface area contributed by atoms with E-state index < -0.39 is 27.9 Å². The molecule has 0 aromatic heterocycles. The summed E-state index contributed by atoms with van der Waals surface area (Å²) in [7, 11) is -3.47. The average molecular weight is 322 g/mol. The molecule has 1 amide bonds. The molecule has 0 aliphatic carbocycles. The predicted molar refractivity (Wildman–Crippen MR) is 75.0 cm³/mol. The summed E-state index contributed by atoms with van der Waals surface area (Å²) in [6.45, 7) is 4.74. The molecule has 1 fully saturated rings. The summed E-state index contributed by atoms with van der Waals surface area (Å²) in [6.07, 6.45) is -0.191. The number of nitrogens with zero attached hydrogens (tertiary/aromatic N) is 1. The first-order valence-corrected chi connectivity index (χ1v) is 8.49. The molecule has 1 heterocycles. The Morgan fingerprint density at radius 3 is 2.52 bits per heavy atom. The van der Waals surface area contributed by atoms with Crippen molar-refractivity contribution in [2.24, 2.45) is 0 Å². The van der Waals surface area contributed by atoms with Crippen molar-refractivity contribution in [1.29, 1.82) is 0 Å². The average Bonchev–Trinajstić information content (AvgIpc) is 2.46. The number of amides is 1. The Morgan fingerprint density at radius 2 is 1.95 bits per heavy atom. The van der Waals surface area contributed by atoms with E-state index in [0.29, 0.717) is 26.3 Å². The first-order valence-electron chi connectivity index (χ1n) is 6.88. The molecule has 9 heteroatoms. The van der Waals surface area contributed by atoms with E-state index in [1.807, 2.05) is 0 Å². The number of ether oxygens (including phenoxy) is 2. The number of hydrogen-bond acceptors (Lipinski definition) is 6. The van der Waals surface area contributed by atoms with Gasteiger partial charge in [-0.2, -0.15) is 4.31 Å². The van der Waals surface area contributed by atoms with Gasteiger partial charge in [0.25, 0.3) is 0 Å². The van der Waals surface area contributed by atoms with Gasteiger partial charge in [-0.25, -0.2) is 13.2 Å². The number of sulfonamides is 1. The van der Waals surface area contributed by atoms with Crippen molar-refractivity contribution in [2.45, 2.75) is 26.3 Å². The number of carbonyl (C=O) groups excluding carboxylic acids is 2. The number of morpholine rings is 1. The van der Waals surface area contributed by atoms with E-state index in [-0.39, 0.29) is 18.8 Å². The van der Waals surface area contributed by atoms with E-state index in [2.05, 4.69) is 5.32 Å². The standard InChI is InChI=1S/C12H22N2O6S/c1-3-20-12(16)10(2)13-11(15)4-9-21(17,18)14-5-7-19-8-6-14/h10H,3-9H2,1-2H3,(H,13,15). The molecule has 21 heavy (non-hydrogen) atoms. The van der Waals surface area contributed by atoms with Crippen molar-refractivity contribution in [2.75, 3.05) is 38.7 Å². The predicted octanol–water partition coefficient (Wildman–Crippen LogP) is -0.894. The SMILES string of the molecule is CCOC(=O)C(C)NC(=O)CCS(=O)(=O)N1CCOCC1. The number of carbonyl (C=O) groups is 2. The number of esters is 1. The Labute approximate surface area is 124 Å². The molecular weight excluding hydrogens is 300 g/mol. The van der Waals surface area contributed by atoms with E-state index in [1.54, 1.807) is 6.92 Å². The van der Waals surface area contributed by atoms with Gasteiger partial charge < -0.3 is 14.8 Å². The normalized spacial score (nSPS) is 18.0. The first-order chi connectivity index (χ1) is 9.86. The minimum absolute atomic E-state index is 0.191. The van der Waals surface area contributed by atoms with E-state index >= 15 is 0 Å². The van der Waals surface area contributed by atoms with Gasteiger partial charge in [-0.05, 0) is 13.8 Å². The van der Waals surface area contributed by atoms with Crippen LogP contribution >= 0.6 is 0 Å². The fourth-order valence-electron chi connectivity index (χ4n) is 1.82. The number of hydrogen-bond donors (Lipinski definition) is 1. The number of nitrogens with one attached hydrogen (secondary N) is 1. The maximum atomic E-state index is 12.0. The maximum Gasteiger partial charge on any atom is 0.328 e. The second-order valence-electron chi connectivity index (χ2n) is 4.62. The molecule has 122 valence electrons. The van der Waals surface area contributed by atoms with Crippen LogP contribution in [0.15, 0.2) is 0 Å². The summed E-state index contributed by atoms with van der Waals surface area (Å²) < 4.78 is 35.2. The largest absolute Gasteiger partial charge is 0.464 e. The molecule has 0 spiro atoms. The Balaban J connectivity index is 2.39. The lowest BCUT2D eigenvalue weighted by Gasteiger charge is -2.25. The van der Waals surface area contributed by atoms with Gasteiger partial charge in [-0.15, -0.1) is 0 Å². The Hall–Kier alpha value is -1.19. The molecule has 1 rings (SSSR count). The third-order valence-electron chi connectivity index (χ3n) is 2.97. The molecule has 0 aromatic rings. The molecule has 1 N–H and O–H groups in total. The second kappa shape index (κ2) is 8.30. The van der Waals surface area contributed by atoms with Gasteiger partial charge >= 0.3 is 5.97 Å². The van der Waals surface area contributed by atoms with Crippen molar-refractivity contribution < 1.29 is 27.5 Å². The number of rotatable bonds is 7. The van der Waals surface area contributed by atoms with Crippen molar-refractivity contribution in [1.82, 2.24) is 9.62 Å². The van der Waals surface area contributed by atoms with Crippen LogP contribution in [0.2, 0.25) is 0 Å². The highest BCUT2D eigenvalue weighted by Gasteiger charge is 2.25. The fourth-order valence-corrected chi connectivity index (χ4v) is 3.22. The molecular formula is C12H22N2O6S. The fraction of sp³-hybridized carbons (Fsp3) is 0.833. The molecule has 0 aromatic carbocycles. The molecule has 0 radical (unpaired) electrons. The van der Waals surface area contributed by atoms with Crippen molar-refractivity contribution in [3.05, 3.63) is 0 Å². The molecule has 1 atom stereocenters. The van der Waals surface area contributed by atoms with Crippen LogP contribution in [0.25, 0.3) is 0 Å². The maximum absolute atomic E-state index is 12.0. The zero-order valence-corrected chi connectivity index (χ0v) is 13.1. The van der Waals surface area contributed by atoms with Crippen LogP contribution in [0.1, 0.15) is 20.3 Å². The van der Waals surface area contributed by atoms with E-state index in [4.69, 9.17) is 9.47 Å². The molecule has 1 aliphatic heterocycles. The van der Waals surface area contributed by atoms with Crippen molar-refractivity contribution >= 4 is 21.9 Å². The van der Waals surface area contributed by atoms with Gasteiger partial charge in [0.15, 0.2) is 0 Å². The van der Waals surface area contributed by atoms with E-state index in [1.165, 1.54) is 11.2 Å². The van der Waals surface area contributed by atoms with Crippen LogP contribution in [0.3, 0.4) is 0 Å². The van der Waals surface area contributed by atoms with Gasteiger partial charge in [0.1, 0.15) is 6.04 Å². The minimum atomic E-state index is -3.47. The summed E-state index contributed by atoms with van der Waals surface area (Å²) in [5.41, 5.74) is 0. The highest BCUT2D eigenvalue weighted by molar-refractivity contribution is 7.89. The zero-order valence-electron chi connectivity index (χ0n) is 12.3. The van der Waals surface area contributed by atoms with Gasteiger partial charge in [0.2, 0.25) is 15.9 Å². The summed E-state index contributed by atoms with van der Waals surface area (Å²) in [5.74, 6) is -1.32. The quantitative estimate of drug-likeness (QED) is 0.610. The molecule has 0 saturated carbocycles. The smallest absolute Gasteiger partial charge is 0.328 e. The minimum Gasteiger partial charge on any atom is -0.464 e. The van der Waals surface area contributed by atoms with Crippen LogP contribution in [0.5, 0.6) is 0 Å². The third kappa shape index (κ3) is 5.98. The molecule has 0 bridgehead atoms. The lowest BCUT2D eigenvalue weighted by atomic mass is 10.3. The third-order valence-corrected chi connectivity index (χ3v) is 4.84. The Kier molecular flexibility index (Phi) is 7.06. The summed E-state index contributed by atoms with van der Waals surface area (Å²) in [5, 5.41) is 2.42. The summed E-state index contributed by atoms with van der Waals surface area (Å²) in [6, 6.07) is -0.788. The monoisotopic (exact) mass is 322 g/mol. The Bertz CT molecular complexity index is 458. The van der Waals surface area contributed by atoms with Crippen molar-refractivity contribution in [3.63, 3.8) is 0 Å². The summed E-state index contributed by atoms with van der Waals surface area (Å²) >= 11 is 0. The lowest BCUT2D eigenvalue weighted by Crippen LogP contribution is -2.44. The molecule has 8 nitrogen and oxygen atoms in total. The zero-order chi connectivity index (χ0) is 15.9. The van der Waals surface area contributed by atoms with Crippen LogP contribution < -0.4 is 5.32 Å². The highest BCUT2D eigenvalue weighted by atomic mass is 32.2. The first kappa shape index (κ1) is 17.9. The van der Waals surface area contributed by atoms with Gasteiger partial charge in [0.05, 0.1) is 25.6 Å².